The fourth-order valence-corrected chi connectivity index (χ4v) is 3.68. The number of nitrogens with one attached hydrogen (secondary N) is 2. The van der Waals surface area contributed by atoms with E-state index in [1.165, 1.54) is 0 Å². The van der Waals surface area contributed by atoms with Crippen LogP contribution in [0.4, 0.5) is 0 Å². The van der Waals surface area contributed by atoms with E-state index in [1.807, 2.05) is 55.0 Å². The molecule has 0 bridgehead atoms. The third-order valence-electron chi connectivity index (χ3n) is 4.85. The van der Waals surface area contributed by atoms with E-state index in [4.69, 9.17) is 0 Å². The number of pyridine rings is 1. The average Bonchev–Trinajstić information content (AvgIpc) is 3.19. The molecular formula is C22H27N5O2S. The zero-order valence-electron chi connectivity index (χ0n) is 17.4. The molecular weight excluding hydrogens is 398 g/mol. The number of rotatable bonds is 9. The van der Waals surface area contributed by atoms with E-state index in [2.05, 4.69) is 20.8 Å². The molecule has 0 saturated heterocycles. The van der Waals surface area contributed by atoms with Gasteiger partial charge in [0.25, 0.3) is 5.91 Å². The molecule has 0 radical (unpaired) electrons. The van der Waals surface area contributed by atoms with Crippen LogP contribution in [-0.4, -0.2) is 44.5 Å². The minimum absolute atomic E-state index is 0.0750. The van der Waals surface area contributed by atoms with Gasteiger partial charge in [-0.15, -0.1) is 10.2 Å². The second-order valence-electron chi connectivity index (χ2n) is 7.39. The Bertz CT molecular complexity index is 989. The van der Waals surface area contributed by atoms with E-state index in [9.17, 15) is 9.59 Å². The minimum atomic E-state index is -0.659. The summed E-state index contributed by atoms with van der Waals surface area (Å²) in [5.74, 6) is 0.972. The van der Waals surface area contributed by atoms with Crippen molar-refractivity contribution in [1.29, 1.82) is 0 Å². The maximum absolute atomic E-state index is 13.2. The van der Waals surface area contributed by atoms with E-state index in [0.29, 0.717) is 17.8 Å². The van der Waals surface area contributed by atoms with Crippen LogP contribution in [0, 0.1) is 5.92 Å². The second kappa shape index (κ2) is 10.2. The topological polar surface area (TPSA) is 88.4 Å². The molecule has 0 unspecified atom stereocenters. The van der Waals surface area contributed by atoms with Crippen molar-refractivity contribution in [2.24, 2.45) is 5.92 Å². The molecule has 2 aromatic heterocycles. The highest BCUT2D eigenvalue weighted by molar-refractivity contribution is 7.98. The zero-order chi connectivity index (χ0) is 21.5. The van der Waals surface area contributed by atoms with Gasteiger partial charge in [0.05, 0.1) is 6.04 Å². The number of amides is 2. The van der Waals surface area contributed by atoms with Crippen molar-refractivity contribution in [3.05, 3.63) is 66.1 Å². The zero-order valence-corrected chi connectivity index (χ0v) is 18.2. The Morgan fingerprint density at radius 3 is 2.47 bits per heavy atom. The van der Waals surface area contributed by atoms with Gasteiger partial charge in [-0.25, -0.2) is 0 Å². The second-order valence-corrected chi connectivity index (χ2v) is 8.38. The summed E-state index contributed by atoms with van der Waals surface area (Å²) in [7, 11) is 0. The molecule has 30 heavy (non-hydrogen) atoms. The molecule has 0 aliphatic heterocycles. The van der Waals surface area contributed by atoms with Gasteiger partial charge in [0, 0.05) is 11.8 Å². The summed E-state index contributed by atoms with van der Waals surface area (Å²) >= 11 is 1.70. The number of carbonyl (C=O) groups excluding carboxylic acids is 2. The molecule has 0 aliphatic carbocycles. The first-order valence-corrected chi connectivity index (χ1v) is 11.4. The molecule has 2 N–H and O–H groups in total. The molecule has 0 aliphatic rings. The Kier molecular flexibility index (Phi) is 7.46. The molecule has 2 heterocycles. The van der Waals surface area contributed by atoms with Crippen molar-refractivity contribution in [3.8, 4) is 0 Å². The van der Waals surface area contributed by atoms with Crippen molar-refractivity contribution in [3.63, 3.8) is 0 Å². The molecule has 8 heteroatoms. The van der Waals surface area contributed by atoms with Crippen LogP contribution >= 0.6 is 11.8 Å². The van der Waals surface area contributed by atoms with E-state index in [1.54, 1.807) is 36.0 Å². The summed E-state index contributed by atoms with van der Waals surface area (Å²) in [5, 5.41) is 14.5. The van der Waals surface area contributed by atoms with Crippen LogP contribution in [-0.2, 0) is 4.79 Å². The van der Waals surface area contributed by atoms with Crippen LogP contribution in [0.2, 0.25) is 0 Å². The summed E-state index contributed by atoms with van der Waals surface area (Å²) in [6.07, 6.45) is 4.62. The summed E-state index contributed by atoms with van der Waals surface area (Å²) in [5.41, 5.74) is 1.26. The molecule has 3 rings (SSSR count). The quantitative estimate of drug-likeness (QED) is 0.550. The van der Waals surface area contributed by atoms with Gasteiger partial charge in [-0.3, -0.25) is 14.0 Å². The molecule has 2 amide bonds. The third kappa shape index (κ3) is 5.18. The number of fused-ring (bicyclic) bond motifs is 1. The van der Waals surface area contributed by atoms with Crippen molar-refractivity contribution in [1.82, 2.24) is 25.2 Å². The molecule has 0 saturated carbocycles. The fourth-order valence-electron chi connectivity index (χ4n) is 3.21. The monoisotopic (exact) mass is 425 g/mol. The first-order valence-electron chi connectivity index (χ1n) is 9.96. The molecule has 7 nitrogen and oxygen atoms in total. The van der Waals surface area contributed by atoms with Gasteiger partial charge in [0.1, 0.15) is 6.04 Å². The Labute approximate surface area is 180 Å². The molecule has 0 spiro atoms. The van der Waals surface area contributed by atoms with Gasteiger partial charge < -0.3 is 10.6 Å². The lowest BCUT2D eigenvalue weighted by atomic mass is 10.0. The highest BCUT2D eigenvalue weighted by Gasteiger charge is 2.28. The van der Waals surface area contributed by atoms with Gasteiger partial charge >= 0.3 is 0 Å². The molecule has 1 aromatic carbocycles. The van der Waals surface area contributed by atoms with Crippen LogP contribution in [0.15, 0.2) is 54.7 Å². The van der Waals surface area contributed by atoms with Crippen LogP contribution in [0.25, 0.3) is 5.65 Å². The largest absolute Gasteiger partial charge is 0.344 e. The number of nitrogens with zero attached hydrogens (tertiary/aromatic N) is 3. The molecule has 3 aromatic rings. The van der Waals surface area contributed by atoms with Gasteiger partial charge in [-0.2, -0.15) is 11.8 Å². The molecule has 2 atom stereocenters. The van der Waals surface area contributed by atoms with Crippen molar-refractivity contribution in [2.75, 3.05) is 12.0 Å². The Balaban J connectivity index is 1.79. The lowest BCUT2D eigenvalue weighted by molar-refractivity contribution is -0.124. The summed E-state index contributed by atoms with van der Waals surface area (Å²) in [4.78, 5) is 25.8. The van der Waals surface area contributed by atoms with E-state index in [0.717, 1.165) is 11.4 Å². The predicted octanol–water partition coefficient (Wildman–Crippen LogP) is 3.09. The fraction of sp³-hybridized carbons (Fsp3) is 0.364. The van der Waals surface area contributed by atoms with Crippen molar-refractivity contribution >= 4 is 29.2 Å². The first kappa shape index (κ1) is 21.8. The van der Waals surface area contributed by atoms with Gasteiger partial charge in [0.15, 0.2) is 11.5 Å². The number of hydrogen-bond donors (Lipinski definition) is 2. The first-order chi connectivity index (χ1) is 14.5. The Hall–Kier alpha value is -2.87. The lowest BCUT2D eigenvalue weighted by Crippen LogP contribution is -2.50. The number of benzene rings is 1. The Morgan fingerprint density at radius 2 is 1.77 bits per heavy atom. The van der Waals surface area contributed by atoms with Crippen LogP contribution in [0.5, 0.6) is 0 Å². The maximum Gasteiger partial charge on any atom is 0.251 e. The number of aromatic nitrogens is 3. The summed E-state index contributed by atoms with van der Waals surface area (Å²) < 4.78 is 1.89. The Morgan fingerprint density at radius 1 is 1.03 bits per heavy atom. The number of carbonyl (C=O) groups is 2. The average molecular weight is 426 g/mol. The summed E-state index contributed by atoms with van der Waals surface area (Å²) in [6, 6.07) is 13.6. The smallest absolute Gasteiger partial charge is 0.251 e. The third-order valence-corrected chi connectivity index (χ3v) is 5.49. The maximum atomic E-state index is 13.2. The van der Waals surface area contributed by atoms with E-state index < -0.39 is 6.04 Å². The SMILES string of the molecule is CSCC[C@@H](NC(=O)[C@@H](NC(=O)c1ccccc1)C(C)C)c1nnc2ccccn12. The van der Waals surface area contributed by atoms with Crippen LogP contribution in [0.3, 0.4) is 0 Å². The predicted molar refractivity (Wildman–Crippen MR) is 119 cm³/mol. The van der Waals surface area contributed by atoms with E-state index in [-0.39, 0.29) is 23.8 Å². The van der Waals surface area contributed by atoms with Crippen LogP contribution < -0.4 is 10.6 Å². The van der Waals surface area contributed by atoms with Crippen LogP contribution in [0.1, 0.15) is 42.5 Å². The van der Waals surface area contributed by atoms with Crippen molar-refractivity contribution < 1.29 is 9.59 Å². The summed E-state index contributed by atoms with van der Waals surface area (Å²) in [6.45, 7) is 3.83. The van der Waals surface area contributed by atoms with Gasteiger partial charge in [0.2, 0.25) is 5.91 Å². The highest BCUT2D eigenvalue weighted by Crippen LogP contribution is 2.19. The number of hydrogen-bond acceptors (Lipinski definition) is 5. The van der Waals surface area contributed by atoms with Gasteiger partial charge in [-0.05, 0) is 48.6 Å². The molecule has 0 fully saturated rings. The minimum Gasteiger partial charge on any atom is -0.344 e. The number of thioether (sulfide) groups is 1. The standard InChI is InChI=1S/C22H27N5O2S/c1-15(2)19(24-21(28)16-9-5-4-6-10-16)22(29)23-17(12-14-30-3)20-26-25-18-11-7-8-13-27(18)20/h4-11,13,15,17,19H,12,14H2,1-3H3,(H,23,29)(H,24,28)/t17-,19+/m1/s1. The van der Waals surface area contributed by atoms with E-state index >= 15 is 0 Å². The molecule has 158 valence electrons. The van der Waals surface area contributed by atoms with Gasteiger partial charge in [-0.1, -0.05) is 38.1 Å². The lowest BCUT2D eigenvalue weighted by Gasteiger charge is -2.25. The van der Waals surface area contributed by atoms with Crippen molar-refractivity contribution in [2.45, 2.75) is 32.4 Å². The highest BCUT2D eigenvalue weighted by atomic mass is 32.2. The normalized spacial score (nSPS) is 13.2.